The third kappa shape index (κ3) is 3.09. The minimum Gasteiger partial charge on any atom is -0.345 e. The van der Waals surface area contributed by atoms with Crippen LogP contribution in [0.25, 0.3) is 11.5 Å². The van der Waals surface area contributed by atoms with Crippen LogP contribution in [-0.2, 0) is 0 Å². The summed E-state index contributed by atoms with van der Waals surface area (Å²) in [5.41, 5.74) is 0.841. The molecule has 0 radical (unpaired) electrons. The molecule has 0 unspecified atom stereocenters. The van der Waals surface area contributed by atoms with Crippen LogP contribution in [0.15, 0.2) is 27.4 Å². The summed E-state index contributed by atoms with van der Waals surface area (Å²) in [6.07, 6.45) is 6.16. The maximum absolute atomic E-state index is 5.52. The van der Waals surface area contributed by atoms with E-state index in [0.29, 0.717) is 17.7 Å². The van der Waals surface area contributed by atoms with Gasteiger partial charge in [-0.2, -0.15) is 9.97 Å². The number of hydrogen-bond donors (Lipinski definition) is 0. The normalized spacial score (nSPS) is 20.0. The molecule has 0 N–H and O–H groups in total. The van der Waals surface area contributed by atoms with E-state index < -0.39 is 0 Å². The molecule has 27 heavy (non-hydrogen) atoms. The van der Waals surface area contributed by atoms with Crippen LogP contribution in [0.1, 0.15) is 74.9 Å². The summed E-state index contributed by atoms with van der Waals surface area (Å²) < 4.78 is 10.9. The maximum atomic E-state index is 5.52. The van der Waals surface area contributed by atoms with Gasteiger partial charge in [0.05, 0.1) is 5.56 Å². The van der Waals surface area contributed by atoms with Crippen molar-refractivity contribution in [1.82, 2.24) is 25.3 Å². The lowest BCUT2D eigenvalue weighted by molar-refractivity contribution is 0.349. The molecule has 2 aliphatic rings. The van der Waals surface area contributed by atoms with Crippen molar-refractivity contribution in [1.29, 1.82) is 0 Å². The van der Waals surface area contributed by atoms with Crippen LogP contribution in [-0.4, -0.2) is 31.8 Å². The lowest BCUT2D eigenvalue weighted by atomic mass is 10.2. The highest BCUT2D eigenvalue weighted by Gasteiger charge is 2.32. The molecule has 8 heteroatoms. The topological polar surface area (TPSA) is 94.0 Å². The van der Waals surface area contributed by atoms with Crippen molar-refractivity contribution in [3.63, 3.8) is 0 Å². The standard InChI is InChI=1S/C19H22N6O2/c1-11(2)16-21-19(27-23-16)14-4-3-9-25(14)15-8-7-13(10-20-15)18-22-17(24-26-18)12-5-6-12/h7-8,10-12,14H,3-6,9H2,1-2H3/t14-/m1/s1. The molecule has 2 fully saturated rings. The van der Waals surface area contributed by atoms with Gasteiger partial charge in [0.15, 0.2) is 11.6 Å². The average Bonchev–Trinajstić information content (AvgIpc) is 3.10. The second-order valence-electron chi connectivity index (χ2n) is 7.63. The summed E-state index contributed by atoms with van der Waals surface area (Å²) in [5, 5.41) is 8.17. The summed E-state index contributed by atoms with van der Waals surface area (Å²) >= 11 is 0. The molecule has 1 aliphatic heterocycles. The molecule has 3 aromatic rings. The van der Waals surface area contributed by atoms with Gasteiger partial charge in [0.1, 0.15) is 11.9 Å². The Morgan fingerprint density at radius 2 is 1.96 bits per heavy atom. The predicted octanol–water partition coefficient (Wildman–Crippen LogP) is 3.86. The largest absolute Gasteiger partial charge is 0.345 e. The van der Waals surface area contributed by atoms with E-state index in [0.717, 1.165) is 55.3 Å². The zero-order valence-corrected chi connectivity index (χ0v) is 15.5. The van der Waals surface area contributed by atoms with Crippen molar-refractivity contribution in [3.05, 3.63) is 35.9 Å². The molecule has 0 bridgehead atoms. The molecule has 1 saturated heterocycles. The first-order chi connectivity index (χ1) is 13.2. The highest BCUT2D eigenvalue weighted by Crippen LogP contribution is 2.39. The Morgan fingerprint density at radius 1 is 1.07 bits per heavy atom. The van der Waals surface area contributed by atoms with Gasteiger partial charge < -0.3 is 13.9 Å². The summed E-state index contributed by atoms with van der Waals surface area (Å²) in [4.78, 5) is 15.9. The van der Waals surface area contributed by atoms with Gasteiger partial charge in [-0.3, -0.25) is 0 Å². The molecule has 0 amide bonds. The van der Waals surface area contributed by atoms with Crippen LogP contribution < -0.4 is 4.90 Å². The molecule has 4 heterocycles. The van der Waals surface area contributed by atoms with Crippen molar-refractivity contribution in [3.8, 4) is 11.5 Å². The number of pyridine rings is 1. The molecule has 1 atom stereocenters. The van der Waals surface area contributed by atoms with Gasteiger partial charge in [0.25, 0.3) is 5.89 Å². The second kappa shape index (κ2) is 6.44. The Morgan fingerprint density at radius 3 is 2.67 bits per heavy atom. The second-order valence-corrected chi connectivity index (χ2v) is 7.63. The summed E-state index contributed by atoms with van der Waals surface area (Å²) in [6, 6.07) is 4.05. The molecule has 140 valence electrons. The fraction of sp³-hybridized carbons (Fsp3) is 0.526. The minimum atomic E-state index is 0.0771. The molecule has 0 aromatic carbocycles. The van der Waals surface area contributed by atoms with Gasteiger partial charge >= 0.3 is 0 Å². The number of hydrogen-bond acceptors (Lipinski definition) is 8. The molecular weight excluding hydrogens is 344 g/mol. The van der Waals surface area contributed by atoms with E-state index in [4.69, 9.17) is 9.05 Å². The van der Waals surface area contributed by atoms with Crippen molar-refractivity contribution in [2.75, 3.05) is 11.4 Å². The first-order valence-electron chi connectivity index (χ1n) is 9.59. The van der Waals surface area contributed by atoms with E-state index >= 15 is 0 Å². The monoisotopic (exact) mass is 366 g/mol. The Hall–Kier alpha value is -2.77. The van der Waals surface area contributed by atoms with Gasteiger partial charge in [-0.25, -0.2) is 4.98 Å². The van der Waals surface area contributed by atoms with Gasteiger partial charge in [-0.1, -0.05) is 24.2 Å². The smallest absolute Gasteiger partial charge is 0.259 e. The van der Waals surface area contributed by atoms with Gasteiger partial charge in [0, 0.05) is 24.6 Å². The zero-order valence-electron chi connectivity index (χ0n) is 15.5. The Balaban J connectivity index is 1.36. The lowest BCUT2D eigenvalue weighted by Gasteiger charge is -2.22. The van der Waals surface area contributed by atoms with Crippen LogP contribution >= 0.6 is 0 Å². The van der Waals surface area contributed by atoms with Crippen molar-refractivity contribution < 1.29 is 9.05 Å². The molecule has 1 saturated carbocycles. The number of nitrogens with zero attached hydrogens (tertiary/aromatic N) is 6. The van der Waals surface area contributed by atoms with Crippen molar-refractivity contribution >= 4 is 5.82 Å². The van der Waals surface area contributed by atoms with Crippen molar-refractivity contribution in [2.24, 2.45) is 0 Å². The number of aromatic nitrogens is 5. The minimum absolute atomic E-state index is 0.0771. The van der Waals surface area contributed by atoms with Crippen LogP contribution in [0.4, 0.5) is 5.82 Å². The molecule has 1 aliphatic carbocycles. The fourth-order valence-corrected chi connectivity index (χ4v) is 3.46. The first kappa shape index (κ1) is 16.4. The third-order valence-electron chi connectivity index (χ3n) is 5.19. The number of rotatable bonds is 5. The van der Waals surface area contributed by atoms with E-state index in [-0.39, 0.29) is 12.0 Å². The Bertz CT molecular complexity index is 928. The maximum Gasteiger partial charge on any atom is 0.259 e. The highest BCUT2D eigenvalue weighted by atomic mass is 16.5. The SMILES string of the molecule is CC(C)c1noc([C@H]2CCCN2c2ccc(-c3nc(C4CC4)no3)cn2)n1. The summed E-state index contributed by atoms with van der Waals surface area (Å²) in [6.45, 7) is 5.05. The lowest BCUT2D eigenvalue weighted by Crippen LogP contribution is -2.23. The average molecular weight is 366 g/mol. The van der Waals surface area contributed by atoms with Crippen molar-refractivity contribution in [2.45, 2.75) is 57.4 Å². The molecule has 8 nitrogen and oxygen atoms in total. The molecule has 5 rings (SSSR count). The van der Waals surface area contributed by atoms with Gasteiger partial charge in [0.2, 0.25) is 5.89 Å². The summed E-state index contributed by atoms with van der Waals surface area (Å²) in [5.74, 6) is 4.40. The van der Waals surface area contributed by atoms with Gasteiger partial charge in [-0.15, -0.1) is 0 Å². The molecular formula is C19H22N6O2. The van der Waals surface area contributed by atoms with E-state index in [2.05, 4.69) is 44.0 Å². The first-order valence-corrected chi connectivity index (χ1v) is 9.59. The Labute approximate surface area is 157 Å². The van der Waals surface area contributed by atoms with Crippen LogP contribution in [0, 0.1) is 0 Å². The molecule has 0 spiro atoms. The predicted molar refractivity (Wildman–Crippen MR) is 97.2 cm³/mol. The zero-order chi connectivity index (χ0) is 18.4. The number of anilines is 1. The molecule has 3 aromatic heterocycles. The van der Waals surface area contributed by atoms with E-state index in [1.165, 1.54) is 0 Å². The van der Waals surface area contributed by atoms with E-state index in [9.17, 15) is 0 Å². The fourth-order valence-electron chi connectivity index (χ4n) is 3.46. The Kier molecular flexibility index (Phi) is 3.91. The highest BCUT2D eigenvalue weighted by molar-refractivity contribution is 5.55. The summed E-state index contributed by atoms with van der Waals surface area (Å²) in [7, 11) is 0. The van der Waals surface area contributed by atoms with Crippen LogP contribution in [0.3, 0.4) is 0 Å². The van der Waals surface area contributed by atoms with E-state index in [1.54, 1.807) is 6.20 Å². The van der Waals surface area contributed by atoms with Crippen LogP contribution in [0.2, 0.25) is 0 Å². The quantitative estimate of drug-likeness (QED) is 0.672. The van der Waals surface area contributed by atoms with E-state index in [1.807, 2.05) is 12.1 Å². The third-order valence-corrected chi connectivity index (χ3v) is 5.19. The van der Waals surface area contributed by atoms with Gasteiger partial charge in [-0.05, 0) is 37.8 Å². The van der Waals surface area contributed by atoms with Crippen LogP contribution in [0.5, 0.6) is 0 Å².